The summed E-state index contributed by atoms with van der Waals surface area (Å²) in [5.74, 6) is 0.853. The minimum Gasteiger partial charge on any atom is -0.492 e. The first-order valence-corrected chi connectivity index (χ1v) is 5.21. The molecule has 1 aromatic carbocycles. The van der Waals surface area contributed by atoms with Crippen molar-refractivity contribution in [3.8, 4) is 5.75 Å². The molecule has 78 valence electrons. The summed E-state index contributed by atoms with van der Waals surface area (Å²) in [4.78, 5) is 0. The third kappa shape index (κ3) is 3.03. The number of benzene rings is 1. The molecular weight excluding hydrogens is 210 g/mol. The van der Waals surface area contributed by atoms with Gasteiger partial charge in [-0.25, -0.2) is 0 Å². The van der Waals surface area contributed by atoms with Crippen molar-refractivity contribution in [2.75, 3.05) is 6.61 Å². The highest BCUT2D eigenvalue weighted by atomic mass is 35.5. The Balaban J connectivity index is 1.81. The van der Waals surface area contributed by atoms with Crippen LogP contribution in [-0.4, -0.2) is 11.2 Å². The van der Waals surface area contributed by atoms with Gasteiger partial charge < -0.3 is 9.30 Å². The molecule has 0 bridgehead atoms. The van der Waals surface area contributed by atoms with E-state index in [1.54, 1.807) is 0 Å². The summed E-state index contributed by atoms with van der Waals surface area (Å²) in [6.07, 6.45) is 4.04. The largest absolute Gasteiger partial charge is 0.492 e. The zero-order valence-electron chi connectivity index (χ0n) is 8.27. The van der Waals surface area contributed by atoms with E-state index in [2.05, 4.69) is 4.57 Å². The molecular formula is C12H12ClNO. The van der Waals surface area contributed by atoms with Crippen molar-refractivity contribution in [3.63, 3.8) is 0 Å². The van der Waals surface area contributed by atoms with Crippen molar-refractivity contribution in [2.24, 2.45) is 0 Å². The molecule has 15 heavy (non-hydrogen) atoms. The third-order valence-electron chi connectivity index (χ3n) is 2.10. The molecule has 0 unspecified atom stereocenters. The van der Waals surface area contributed by atoms with E-state index in [1.807, 2.05) is 48.8 Å². The molecule has 1 aromatic heterocycles. The summed E-state index contributed by atoms with van der Waals surface area (Å²) < 4.78 is 7.63. The van der Waals surface area contributed by atoms with Crippen molar-refractivity contribution in [2.45, 2.75) is 6.54 Å². The Morgan fingerprint density at radius 3 is 2.40 bits per heavy atom. The normalized spacial score (nSPS) is 10.2. The van der Waals surface area contributed by atoms with Crippen LogP contribution in [0, 0.1) is 0 Å². The first-order chi connectivity index (χ1) is 7.34. The maximum atomic E-state index is 5.77. The quantitative estimate of drug-likeness (QED) is 0.773. The van der Waals surface area contributed by atoms with E-state index in [4.69, 9.17) is 16.3 Å². The van der Waals surface area contributed by atoms with Crippen LogP contribution in [0.15, 0.2) is 48.8 Å². The van der Waals surface area contributed by atoms with E-state index < -0.39 is 0 Å². The Morgan fingerprint density at radius 2 is 1.73 bits per heavy atom. The molecule has 1 heterocycles. The molecule has 0 saturated carbocycles. The summed E-state index contributed by atoms with van der Waals surface area (Å²) in [7, 11) is 0. The molecule has 2 aromatic rings. The van der Waals surface area contributed by atoms with Crippen molar-refractivity contribution < 1.29 is 4.74 Å². The number of halogens is 1. The molecule has 3 heteroatoms. The van der Waals surface area contributed by atoms with Crippen LogP contribution in [0.5, 0.6) is 5.75 Å². The van der Waals surface area contributed by atoms with E-state index >= 15 is 0 Å². The van der Waals surface area contributed by atoms with Gasteiger partial charge in [0, 0.05) is 17.4 Å². The standard InChI is InChI=1S/C12H12ClNO/c13-11-3-5-12(6-4-11)15-10-9-14-7-1-2-8-14/h1-8H,9-10H2. The zero-order valence-corrected chi connectivity index (χ0v) is 9.02. The van der Waals surface area contributed by atoms with Crippen molar-refractivity contribution >= 4 is 11.6 Å². The Bertz CT molecular complexity index is 394. The number of ether oxygens (including phenoxy) is 1. The topological polar surface area (TPSA) is 14.2 Å². The van der Waals surface area contributed by atoms with E-state index in [0.29, 0.717) is 6.61 Å². The van der Waals surface area contributed by atoms with Gasteiger partial charge >= 0.3 is 0 Å². The van der Waals surface area contributed by atoms with Crippen LogP contribution in [0.1, 0.15) is 0 Å². The fraction of sp³-hybridized carbons (Fsp3) is 0.167. The summed E-state index contributed by atoms with van der Waals surface area (Å²) in [6, 6.07) is 11.4. The number of hydrogen-bond acceptors (Lipinski definition) is 1. The van der Waals surface area contributed by atoms with Crippen LogP contribution in [-0.2, 0) is 6.54 Å². The highest BCUT2D eigenvalue weighted by Gasteiger charge is 1.94. The van der Waals surface area contributed by atoms with Gasteiger partial charge in [0.2, 0.25) is 0 Å². The van der Waals surface area contributed by atoms with Gasteiger partial charge in [0.1, 0.15) is 12.4 Å². The summed E-state index contributed by atoms with van der Waals surface area (Å²) in [5.41, 5.74) is 0. The lowest BCUT2D eigenvalue weighted by Gasteiger charge is -2.06. The lowest BCUT2D eigenvalue weighted by Crippen LogP contribution is -2.05. The van der Waals surface area contributed by atoms with E-state index in [1.165, 1.54) is 0 Å². The maximum Gasteiger partial charge on any atom is 0.119 e. The number of hydrogen-bond donors (Lipinski definition) is 0. The van der Waals surface area contributed by atoms with Gasteiger partial charge in [0.05, 0.1) is 6.54 Å². The van der Waals surface area contributed by atoms with Crippen LogP contribution in [0.3, 0.4) is 0 Å². The SMILES string of the molecule is Clc1ccc(OCCn2cccc2)cc1. The molecule has 0 amide bonds. The lowest BCUT2D eigenvalue weighted by molar-refractivity contribution is 0.298. The molecule has 2 nitrogen and oxygen atoms in total. The van der Waals surface area contributed by atoms with Gasteiger partial charge in [0.25, 0.3) is 0 Å². The van der Waals surface area contributed by atoms with Crippen LogP contribution >= 0.6 is 11.6 Å². The fourth-order valence-electron chi connectivity index (χ4n) is 1.32. The van der Waals surface area contributed by atoms with Gasteiger partial charge in [-0.3, -0.25) is 0 Å². The second-order valence-corrected chi connectivity index (χ2v) is 3.66. The van der Waals surface area contributed by atoms with Crippen LogP contribution in [0.25, 0.3) is 0 Å². The Labute approximate surface area is 94.1 Å². The molecule has 0 saturated heterocycles. The molecule has 0 atom stereocenters. The number of nitrogens with zero attached hydrogens (tertiary/aromatic N) is 1. The number of rotatable bonds is 4. The molecule has 0 radical (unpaired) electrons. The average Bonchev–Trinajstić information content (AvgIpc) is 2.74. The van der Waals surface area contributed by atoms with E-state index in [9.17, 15) is 0 Å². The summed E-state index contributed by atoms with van der Waals surface area (Å²) in [6.45, 7) is 1.52. The molecule has 0 aliphatic rings. The highest BCUT2D eigenvalue weighted by Crippen LogP contribution is 2.15. The van der Waals surface area contributed by atoms with Gasteiger partial charge in [-0.05, 0) is 36.4 Å². The third-order valence-corrected chi connectivity index (χ3v) is 2.35. The van der Waals surface area contributed by atoms with Crippen molar-refractivity contribution in [3.05, 3.63) is 53.8 Å². The van der Waals surface area contributed by atoms with E-state index in [0.717, 1.165) is 17.3 Å². The zero-order chi connectivity index (χ0) is 10.5. The van der Waals surface area contributed by atoms with Crippen LogP contribution < -0.4 is 4.74 Å². The molecule has 2 rings (SSSR count). The van der Waals surface area contributed by atoms with Crippen molar-refractivity contribution in [1.82, 2.24) is 4.57 Å². The maximum absolute atomic E-state index is 5.77. The first-order valence-electron chi connectivity index (χ1n) is 4.84. The summed E-state index contributed by atoms with van der Waals surface area (Å²) >= 11 is 5.77. The summed E-state index contributed by atoms with van der Waals surface area (Å²) in [5, 5.41) is 0.729. The molecule has 0 N–H and O–H groups in total. The Kier molecular flexibility index (Phi) is 3.30. The minimum absolute atomic E-state index is 0.663. The number of aromatic nitrogens is 1. The molecule has 0 spiro atoms. The lowest BCUT2D eigenvalue weighted by atomic mass is 10.3. The van der Waals surface area contributed by atoms with Crippen LogP contribution in [0.2, 0.25) is 5.02 Å². The van der Waals surface area contributed by atoms with Gasteiger partial charge in [-0.15, -0.1) is 0 Å². The van der Waals surface area contributed by atoms with Gasteiger partial charge in [0.15, 0.2) is 0 Å². The van der Waals surface area contributed by atoms with Gasteiger partial charge in [-0.1, -0.05) is 11.6 Å². The fourth-order valence-corrected chi connectivity index (χ4v) is 1.44. The molecule has 0 aliphatic heterocycles. The molecule has 0 aliphatic carbocycles. The van der Waals surface area contributed by atoms with Crippen LogP contribution in [0.4, 0.5) is 0 Å². The molecule has 0 fully saturated rings. The predicted molar refractivity (Wildman–Crippen MR) is 61.4 cm³/mol. The Hall–Kier alpha value is -1.41. The second-order valence-electron chi connectivity index (χ2n) is 3.22. The van der Waals surface area contributed by atoms with Gasteiger partial charge in [-0.2, -0.15) is 0 Å². The second kappa shape index (κ2) is 4.89. The first kappa shape index (κ1) is 10.1. The predicted octanol–water partition coefficient (Wildman–Crippen LogP) is 3.22. The Morgan fingerprint density at radius 1 is 1.07 bits per heavy atom. The van der Waals surface area contributed by atoms with E-state index in [-0.39, 0.29) is 0 Å². The highest BCUT2D eigenvalue weighted by molar-refractivity contribution is 6.30. The average molecular weight is 222 g/mol. The monoisotopic (exact) mass is 221 g/mol. The minimum atomic E-state index is 0.663. The smallest absolute Gasteiger partial charge is 0.119 e. The van der Waals surface area contributed by atoms with Crippen molar-refractivity contribution in [1.29, 1.82) is 0 Å².